The molecular weight excluding hydrogens is 426 g/mol. The Morgan fingerprint density at radius 2 is 1.85 bits per heavy atom. The first-order chi connectivity index (χ1) is 15.5. The Morgan fingerprint density at radius 1 is 1.12 bits per heavy atom. The molecule has 172 valence electrons. The number of ether oxygens (including phenoxy) is 1. The molecule has 1 N–H and O–H groups in total. The quantitative estimate of drug-likeness (QED) is 0.435. The molecule has 1 aromatic heterocycles. The zero-order valence-electron chi connectivity index (χ0n) is 19.0. The van der Waals surface area contributed by atoms with Gasteiger partial charge in [0.1, 0.15) is 11.4 Å². The van der Waals surface area contributed by atoms with Crippen molar-refractivity contribution < 1.29 is 23.4 Å². The lowest BCUT2D eigenvalue weighted by Crippen LogP contribution is -2.44. The van der Waals surface area contributed by atoms with Gasteiger partial charge in [0, 0.05) is 18.2 Å². The topological polar surface area (TPSA) is 62.7 Å². The summed E-state index contributed by atoms with van der Waals surface area (Å²) in [5.41, 5.74) is 2.68. The standard InChI is InChI=1S/C26H26F2N2O3/c1-6-23-21(27)14-22(28)24(29-23)33-20-11-16(2)10-19(13-20)18-9-7-8-17(12-18)15-30(25(31)32)26(3,4)5/h6-14H,1,15H2,2-5H3,(H,31,32). The number of nitrogens with zero attached hydrogens (tertiary/aromatic N) is 2. The van der Waals surface area contributed by atoms with Crippen LogP contribution in [0.3, 0.4) is 0 Å². The van der Waals surface area contributed by atoms with Gasteiger partial charge in [-0.1, -0.05) is 30.8 Å². The Hall–Kier alpha value is -3.74. The van der Waals surface area contributed by atoms with Crippen LogP contribution in [0.4, 0.5) is 13.6 Å². The van der Waals surface area contributed by atoms with Gasteiger partial charge in [-0.15, -0.1) is 0 Å². The SMILES string of the molecule is C=Cc1nc(Oc2cc(C)cc(-c3cccc(CN(C(=O)O)C(C)(C)C)c3)c2)c(F)cc1F. The molecule has 0 aliphatic rings. The summed E-state index contributed by atoms with van der Waals surface area (Å²) in [6.45, 7) is 11.1. The zero-order valence-corrected chi connectivity index (χ0v) is 19.0. The van der Waals surface area contributed by atoms with Gasteiger partial charge in [-0.2, -0.15) is 0 Å². The van der Waals surface area contributed by atoms with E-state index in [0.717, 1.165) is 22.3 Å². The van der Waals surface area contributed by atoms with E-state index in [4.69, 9.17) is 4.74 Å². The highest BCUT2D eigenvalue weighted by atomic mass is 19.1. The Balaban J connectivity index is 1.94. The second kappa shape index (κ2) is 9.40. The third-order valence-electron chi connectivity index (χ3n) is 5.02. The monoisotopic (exact) mass is 452 g/mol. The van der Waals surface area contributed by atoms with E-state index in [0.29, 0.717) is 11.8 Å². The molecule has 0 aliphatic carbocycles. The maximum absolute atomic E-state index is 14.2. The van der Waals surface area contributed by atoms with Crippen LogP contribution in [0.5, 0.6) is 11.6 Å². The van der Waals surface area contributed by atoms with E-state index in [-0.39, 0.29) is 18.1 Å². The number of amides is 1. The molecule has 0 aliphatic heterocycles. The van der Waals surface area contributed by atoms with E-state index >= 15 is 0 Å². The molecule has 5 nitrogen and oxygen atoms in total. The number of hydrogen-bond acceptors (Lipinski definition) is 3. The van der Waals surface area contributed by atoms with Crippen molar-refractivity contribution in [3.05, 3.63) is 83.6 Å². The third kappa shape index (κ3) is 5.74. The van der Waals surface area contributed by atoms with E-state index in [1.54, 1.807) is 12.1 Å². The first-order valence-electron chi connectivity index (χ1n) is 10.4. The maximum atomic E-state index is 14.2. The molecule has 7 heteroatoms. The fourth-order valence-corrected chi connectivity index (χ4v) is 3.39. The van der Waals surface area contributed by atoms with Crippen molar-refractivity contribution in [1.82, 2.24) is 9.88 Å². The molecule has 0 spiro atoms. The van der Waals surface area contributed by atoms with Gasteiger partial charge < -0.3 is 9.84 Å². The minimum atomic E-state index is -0.994. The summed E-state index contributed by atoms with van der Waals surface area (Å²) >= 11 is 0. The molecule has 3 aromatic rings. The van der Waals surface area contributed by atoms with E-state index in [9.17, 15) is 18.7 Å². The van der Waals surface area contributed by atoms with Gasteiger partial charge in [0.05, 0.1) is 0 Å². The number of carboxylic acid groups (broad SMARTS) is 1. The Bertz CT molecular complexity index is 1200. The van der Waals surface area contributed by atoms with Gasteiger partial charge in [-0.25, -0.2) is 18.6 Å². The molecule has 0 saturated heterocycles. The summed E-state index contributed by atoms with van der Waals surface area (Å²) < 4.78 is 33.5. The van der Waals surface area contributed by atoms with Crippen LogP contribution >= 0.6 is 0 Å². The lowest BCUT2D eigenvalue weighted by molar-refractivity contribution is 0.0955. The molecule has 1 heterocycles. The van der Waals surface area contributed by atoms with E-state index in [2.05, 4.69) is 11.6 Å². The normalized spacial score (nSPS) is 11.2. The van der Waals surface area contributed by atoms with E-state index in [1.165, 1.54) is 11.0 Å². The molecule has 33 heavy (non-hydrogen) atoms. The maximum Gasteiger partial charge on any atom is 0.408 e. The van der Waals surface area contributed by atoms with Gasteiger partial charge >= 0.3 is 6.09 Å². The van der Waals surface area contributed by atoms with Gasteiger partial charge in [-0.3, -0.25) is 4.90 Å². The highest BCUT2D eigenvalue weighted by molar-refractivity contribution is 5.68. The third-order valence-corrected chi connectivity index (χ3v) is 5.02. The van der Waals surface area contributed by atoms with Crippen LogP contribution < -0.4 is 4.74 Å². The fraction of sp³-hybridized carbons (Fsp3) is 0.231. The smallest absolute Gasteiger partial charge is 0.408 e. The van der Waals surface area contributed by atoms with Crippen LogP contribution in [0.2, 0.25) is 0 Å². The van der Waals surface area contributed by atoms with Crippen LogP contribution in [0.1, 0.15) is 37.6 Å². The van der Waals surface area contributed by atoms with Crippen LogP contribution in [-0.2, 0) is 6.54 Å². The van der Waals surface area contributed by atoms with E-state index < -0.39 is 23.3 Å². The summed E-state index contributed by atoms with van der Waals surface area (Å²) in [5, 5.41) is 9.59. The molecule has 0 radical (unpaired) electrons. The molecule has 0 saturated carbocycles. The molecule has 1 amide bonds. The lowest BCUT2D eigenvalue weighted by atomic mass is 9.99. The van der Waals surface area contributed by atoms with Crippen molar-refractivity contribution in [2.45, 2.75) is 39.8 Å². The molecule has 0 bridgehead atoms. The number of benzene rings is 2. The summed E-state index contributed by atoms with van der Waals surface area (Å²) in [7, 11) is 0. The van der Waals surface area contributed by atoms with Gasteiger partial charge in [0.2, 0.25) is 0 Å². The molecule has 0 atom stereocenters. The highest BCUT2D eigenvalue weighted by Gasteiger charge is 2.26. The second-order valence-electron chi connectivity index (χ2n) is 8.72. The second-order valence-corrected chi connectivity index (χ2v) is 8.72. The number of halogens is 2. The van der Waals surface area contributed by atoms with Gasteiger partial charge in [0.25, 0.3) is 5.88 Å². The van der Waals surface area contributed by atoms with Crippen LogP contribution in [-0.4, -0.2) is 26.6 Å². The molecule has 0 fully saturated rings. The number of aryl methyl sites for hydroxylation is 1. The molecule has 3 rings (SSSR count). The Morgan fingerprint density at radius 3 is 2.48 bits per heavy atom. The average Bonchev–Trinajstić information content (AvgIpc) is 2.72. The minimum absolute atomic E-state index is 0.103. The number of carbonyl (C=O) groups is 1. The zero-order chi connectivity index (χ0) is 24.3. The van der Waals surface area contributed by atoms with Crippen LogP contribution in [0.15, 0.2) is 55.1 Å². The fourth-order valence-electron chi connectivity index (χ4n) is 3.39. The van der Waals surface area contributed by atoms with Crippen molar-refractivity contribution in [1.29, 1.82) is 0 Å². The number of hydrogen-bond donors (Lipinski definition) is 1. The highest BCUT2D eigenvalue weighted by Crippen LogP contribution is 2.31. The number of pyridine rings is 1. The summed E-state index contributed by atoms with van der Waals surface area (Å²) in [6.07, 6.45) is 0.194. The number of rotatable bonds is 6. The molecular formula is C26H26F2N2O3. The summed E-state index contributed by atoms with van der Waals surface area (Å²) in [4.78, 5) is 16.9. The largest absolute Gasteiger partial charge is 0.465 e. The summed E-state index contributed by atoms with van der Waals surface area (Å²) in [6, 6.07) is 13.6. The predicted molar refractivity (Wildman–Crippen MR) is 124 cm³/mol. The van der Waals surface area contributed by atoms with Crippen molar-refractivity contribution in [2.24, 2.45) is 0 Å². The van der Waals surface area contributed by atoms with Crippen molar-refractivity contribution in [2.75, 3.05) is 0 Å². The van der Waals surface area contributed by atoms with Crippen molar-refractivity contribution >= 4 is 12.2 Å². The summed E-state index contributed by atoms with van der Waals surface area (Å²) in [5.74, 6) is -1.74. The van der Waals surface area contributed by atoms with Crippen molar-refractivity contribution in [3.8, 4) is 22.8 Å². The number of aromatic nitrogens is 1. The predicted octanol–water partition coefficient (Wildman–Crippen LogP) is 7.05. The van der Waals surface area contributed by atoms with E-state index in [1.807, 2.05) is 58.0 Å². The molecule has 0 unspecified atom stereocenters. The van der Waals surface area contributed by atoms with Crippen LogP contribution in [0.25, 0.3) is 17.2 Å². The lowest BCUT2D eigenvalue weighted by Gasteiger charge is -2.33. The Kier molecular flexibility index (Phi) is 6.81. The van der Waals surface area contributed by atoms with Gasteiger partial charge in [0.15, 0.2) is 11.6 Å². The first kappa shape index (κ1) is 23.9. The first-order valence-corrected chi connectivity index (χ1v) is 10.4. The molecule has 2 aromatic carbocycles. The van der Waals surface area contributed by atoms with Gasteiger partial charge in [-0.05, 0) is 74.2 Å². The van der Waals surface area contributed by atoms with Crippen molar-refractivity contribution in [3.63, 3.8) is 0 Å². The average molecular weight is 453 g/mol. The van der Waals surface area contributed by atoms with Crippen LogP contribution in [0, 0.1) is 18.6 Å². The minimum Gasteiger partial charge on any atom is -0.465 e. The Labute approximate surface area is 192 Å².